The molecule has 3 amide bonds. The number of carbonyl (C=O) groups is 2. The molecule has 4 N–H and O–H groups in total. The molecular formula is C18H16N4O2. The highest BCUT2D eigenvalue weighted by Crippen LogP contribution is 2.23. The topological polar surface area (TPSA) is 97.1 Å². The predicted molar refractivity (Wildman–Crippen MR) is 94.1 cm³/mol. The van der Waals surface area contributed by atoms with Crippen LogP contribution in [0.3, 0.4) is 0 Å². The first-order valence-corrected chi connectivity index (χ1v) is 7.37. The number of fused-ring (bicyclic) bond motifs is 1. The van der Waals surface area contributed by atoms with Crippen LogP contribution in [0.1, 0.15) is 16.1 Å². The van der Waals surface area contributed by atoms with E-state index in [0.717, 1.165) is 16.6 Å². The number of benzene rings is 2. The van der Waals surface area contributed by atoms with Gasteiger partial charge in [0.2, 0.25) is 5.91 Å². The lowest BCUT2D eigenvalue weighted by atomic mass is 10.1. The Morgan fingerprint density at radius 1 is 1.00 bits per heavy atom. The number of carbonyl (C=O) groups excluding carboxylic acids is 2. The van der Waals surface area contributed by atoms with Crippen LogP contribution in [0.4, 0.5) is 16.2 Å². The summed E-state index contributed by atoms with van der Waals surface area (Å²) in [6, 6.07) is 15.4. The summed E-state index contributed by atoms with van der Waals surface area (Å²) in [6.45, 7) is 1.87. The zero-order chi connectivity index (χ0) is 17.1. The quantitative estimate of drug-likeness (QED) is 0.690. The van der Waals surface area contributed by atoms with E-state index in [2.05, 4.69) is 15.6 Å². The number of hydrogen-bond donors (Lipinski definition) is 3. The second-order valence-electron chi connectivity index (χ2n) is 5.35. The molecule has 0 bridgehead atoms. The molecule has 120 valence electrons. The smallest absolute Gasteiger partial charge is 0.323 e. The molecule has 0 saturated carbocycles. The molecule has 3 aromatic rings. The summed E-state index contributed by atoms with van der Waals surface area (Å²) in [7, 11) is 0. The molecule has 0 atom stereocenters. The van der Waals surface area contributed by atoms with Crippen LogP contribution in [0.5, 0.6) is 0 Å². The molecule has 0 saturated heterocycles. The summed E-state index contributed by atoms with van der Waals surface area (Å²) in [6.07, 6.45) is 0. The predicted octanol–water partition coefficient (Wildman–Crippen LogP) is 3.29. The number of nitrogens with two attached hydrogens (primary N) is 1. The van der Waals surface area contributed by atoms with Crippen LogP contribution in [0.2, 0.25) is 0 Å². The average molecular weight is 320 g/mol. The molecule has 6 nitrogen and oxygen atoms in total. The standard InChI is InChI=1S/C18H16N4O2/c1-11-9-16(14-7-2-3-8-15(14)20-11)22-18(24)21-13-6-4-5-12(10-13)17(19)23/h2-10H,1H3,(H2,19,23)(H2,20,21,22,24). The molecule has 1 aromatic heterocycles. The Kier molecular flexibility index (Phi) is 4.11. The van der Waals surface area contributed by atoms with Crippen molar-refractivity contribution in [2.75, 3.05) is 10.6 Å². The lowest BCUT2D eigenvalue weighted by Gasteiger charge is -2.11. The summed E-state index contributed by atoms with van der Waals surface area (Å²) < 4.78 is 0. The highest BCUT2D eigenvalue weighted by Gasteiger charge is 2.09. The van der Waals surface area contributed by atoms with Gasteiger partial charge in [0.1, 0.15) is 0 Å². The number of pyridine rings is 1. The normalized spacial score (nSPS) is 10.4. The van der Waals surface area contributed by atoms with Crippen molar-refractivity contribution in [3.8, 4) is 0 Å². The Hall–Kier alpha value is -3.41. The minimum Gasteiger partial charge on any atom is -0.366 e. The second-order valence-corrected chi connectivity index (χ2v) is 5.35. The van der Waals surface area contributed by atoms with Gasteiger partial charge in [-0.1, -0.05) is 24.3 Å². The van der Waals surface area contributed by atoms with Gasteiger partial charge in [-0.25, -0.2) is 4.79 Å². The molecule has 3 rings (SSSR count). The van der Waals surface area contributed by atoms with Crippen molar-refractivity contribution in [2.45, 2.75) is 6.92 Å². The van der Waals surface area contributed by atoms with Crippen molar-refractivity contribution >= 4 is 34.2 Å². The Bertz CT molecular complexity index is 937. The van der Waals surface area contributed by atoms with E-state index < -0.39 is 11.9 Å². The third kappa shape index (κ3) is 3.33. The van der Waals surface area contributed by atoms with Gasteiger partial charge < -0.3 is 16.4 Å². The molecule has 1 heterocycles. The zero-order valence-electron chi connectivity index (χ0n) is 13.0. The molecule has 0 aliphatic rings. The van der Waals surface area contributed by atoms with Crippen LogP contribution in [0.25, 0.3) is 10.9 Å². The van der Waals surface area contributed by atoms with Crippen molar-refractivity contribution in [1.29, 1.82) is 0 Å². The zero-order valence-corrected chi connectivity index (χ0v) is 13.0. The van der Waals surface area contributed by atoms with Crippen LogP contribution < -0.4 is 16.4 Å². The molecule has 0 unspecified atom stereocenters. The molecule has 0 fully saturated rings. The van der Waals surface area contributed by atoms with E-state index in [4.69, 9.17) is 5.73 Å². The van der Waals surface area contributed by atoms with E-state index in [9.17, 15) is 9.59 Å². The van der Waals surface area contributed by atoms with E-state index >= 15 is 0 Å². The van der Waals surface area contributed by atoms with Gasteiger partial charge in [0.25, 0.3) is 0 Å². The van der Waals surface area contributed by atoms with E-state index in [1.165, 1.54) is 6.07 Å². The van der Waals surface area contributed by atoms with Gasteiger partial charge in [-0.2, -0.15) is 0 Å². The van der Waals surface area contributed by atoms with Gasteiger partial charge in [0.05, 0.1) is 11.2 Å². The van der Waals surface area contributed by atoms with Crippen LogP contribution in [-0.2, 0) is 0 Å². The SMILES string of the molecule is Cc1cc(NC(=O)Nc2cccc(C(N)=O)c2)c2ccccc2n1. The Labute approximate surface area is 138 Å². The summed E-state index contributed by atoms with van der Waals surface area (Å²) in [5, 5.41) is 6.36. The minimum absolute atomic E-state index is 0.331. The number of anilines is 2. The van der Waals surface area contributed by atoms with E-state index in [1.807, 2.05) is 37.3 Å². The molecule has 0 aliphatic carbocycles. The molecule has 24 heavy (non-hydrogen) atoms. The largest absolute Gasteiger partial charge is 0.366 e. The maximum atomic E-state index is 12.3. The fourth-order valence-corrected chi connectivity index (χ4v) is 2.45. The first kappa shape index (κ1) is 15.5. The first-order valence-electron chi connectivity index (χ1n) is 7.37. The lowest BCUT2D eigenvalue weighted by Crippen LogP contribution is -2.20. The minimum atomic E-state index is -0.546. The number of aromatic nitrogens is 1. The van der Waals surface area contributed by atoms with Gasteiger partial charge in [-0.15, -0.1) is 0 Å². The number of nitrogens with zero attached hydrogens (tertiary/aromatic N) is 1. The van der Waals surface area contributed by atoms with Gasteiger partial charge in [-0.3, -0.25) is 9.78 Å². The van der Waals surface area contributed by atoms with Crippen molar-refractivity contribution in [3.05, 3.63) is 65.9 Å². The summed E-state index contributed by atoms with van der Waals surface area (Å²) >= 11 is 0. The Morgan fingerprint density at radius 2 is 1.79 bits per heavy atom. The van der Waals surface area contributed by atoms with Crippen LogP contribution in [0.15, 0.2) is 54.6 Å². The summed E-state index contributed by atoms with van der Waals surface area (Å²) in [4.78, 5) is 27.9. The summed E-state index contributed by atoms with van der Waals surface area (Å²) in [5.41, 5.74) is 8.34. The number of nitrogens with one attached hydrogen (secondary N) is 2. The van der Waals surface area contributed by atoms with E-state index in [-0.39, 0.29) is 0 Å². The monoisotopic (exact) mass is 320 g/mol. The third-order valence-electron chi connectivity index (χ3n) is 3.50. The van der Waals surface area contributed by atoms with Crippen molar-refractivity contribution in [1.82, 2.24) is 4.98 Å². The Morgan fingerprint density at radius 3 is 2.58 bits per heavy atom. The number of aryl methyl sites for hydroxylation is 1. The van der Waals surface area contributed by atoms with Gasteiger partial charge >= 0.3 is 6.03 Å². The Balaban J connectivity index is 1.83. The number of urea groups is 1. The molecule has 2 aromatic carbocycles. The van der Waals surface area contributed by atoms with Crippen LogP contribution >= 0.6 is 0 Å². The van der Waals surface area contributed by atoms with Crippen molar-refractivity contribution < 1.29 is 9.59 Å². The van der Waals surface area contributed by atoms with E-state index in [1.54, 1.807) is 18.2 Å². The van der Waals surface area contributed by atoms with Gasteiger partial charge in [0, 0.05) is 22.3 Å². The van der Waals surface area contributed by atoms with Gasteiger partial charge in [-0.05, 0) is 37.3 Å². The molecule has 0 radical (unpaired) electrons. The second kappa shape index (κ2) is 6.37. The summed E-state index contributed by atoms with van der Waals surface area (Å²) in [5.74, 6) is -0.546. The maximum Gasteiger partial charge on any atom is 0.323 e. The fraction of sp³-hybridized carbons (Fsp3) is 0.0556. The van der Waals surface area contributed by atoms with Crippen LogP contribution in [0, 0.1) is 6.92 Å². The van der Waals surface area contributed by atoms with E-state index in [0.29, 0.717) is 16.9 Å². The molecular weight excluding hydrogens is 304 g/mol. The van der Waals surface area contributed by atoms with Crippen molar-refractivity contribution in [3.63, 3.8) is 0 Å². The highest BCUT2D eigenvalue weighted by molar-refractivity contribution is 6.06. The molecule has 0 spiro atoms. The molecule has 0 aliphatic heterocycles. The number of rotatable bonds is 3. The lowest BCUT2D eigenvalue weighted by molar-refractivity contribution is 0.100. The number of hydrogen-bond acceptors (Lipinski definition) is 3. The number of primary amides is 1. The number of para-hydroxylation sites is 1. The average Bonchev–Trinajstić information content (AvgIpc) is 2.54. The van der Waals surface area contributed by atoms with Crippen molar-refractivity contribution in [2.24, 2.45) is 5.73 Å². The first-order chi connectivity index (χ1) is 11.5. The fourth-order valence-electron chi connectivity index (χ4n) is 2.45. The molecule has 6 heteroatoms. The van der Waals surface area contributed by atoms with Crippen LogP contribution in [-0.4, -0.2) is 16.9 Å². The number of amides is 3. The third-order valence-corrected chi connectivity index (χ3v) is 3.50. The maximum absolute atomic E-state index is 12.3. The van der Waals surface area contributed by atoms with Gasteiger partial charge in [0.15, 0.2) is 0 Å². The highest BCUT2D eigenvalue weighted by atomic mass is 16.2.